The van der Waals surface area contributed by atoms with Crippen LogP contribution in [0.3, 0.4) is 0 Å². The molecule has 0 aromatic heterocycles. The largest absolute Gasteiger partial charge is 0.564 e. The predicted octanol–water partition coefficient (Wildman–Crippen LogP) is 2.88. The molecule has 0 aliphatic carbocycles. The first-order valence-electron chi connectivity index (χ1n) is 5.28. The van der Waals surface area contributed by atoms with Gasteiger partial charge in [0.1, 0.15) is 11.5 Å². The molecule has 2 N–H and O–H groups in total. The Morgan fingerprint density at radius 1 is 0.947 bits per heavy atom. The molecule has 0 saturated heterocycles. The minimum Gasteiger partial charge on any atom is -0.508 e. The third-order valence-electron chi connectivity index (χ3n) is 2.01. The molecule has 1 unspecified atom stereocenters. The fourth-order valence-electron chi connectivity index (χ4n) is 1.26. The van der Waals surface area contributed by atoms with Crippen molar-refractivity contribution in [1.29, 1.82) is 0 Å². The van der Waals surface area contributed by atoms with Crippen molar-refractivity contribution in [2.24, 2.45) is 0 Å². The molecule has 2 rings (SSSR count). The van der Waals surface area contributed by atoms with Gasteiger partial charge in [0.05, 0.1) is 0 Å². The molecule has 0 bridgehead atoms. The molecule has 2 aromatic rings. The molecule has 0 radical (unpaired) electrons. The summed E-state index contributed by atoms with van der Waals surface area (Å²) in [5.41, 5.74) is 0. The highest BCUT2D eigenvalue weighted by molar-refractivity contribution is 7.47. The zero-order valence-electron chi connectivity index (χ0n) is 9.67. The van der Waals surface area contributed by atoms with Crippen molar-refractivity contribution in [3.63, 3.8) is 0 Å². The SMILES string of the molecule is O=P(O)(OOc1cccc(O)c1)Oc1ccccc1. The Kier molecular flexibility index (Phi) is 4.06. The fourth-order valence-corrected chi connectivity index (χ4v) is 1.85. The molecule has 19 heavy (non-hydrogen) atoms. The van der Waals surface area contributed by atoms with Crippen molar-refractivity contribution >= 4 is 7.82 Å². The monoisotopic (exact) mass is 282 g/mol. The van der Waals surface area contributed by atoms with Crippen LogP contribution in [-0.2, 0) is 9.24 Å². The number of benzene rings is 2. The van der Waals surface area contributed by atoms with Crippen LogP contribution in [0.5, 0.6) is 17.2 Å². The van der Waals surface area contributed by atoms with Crippen molar-refractivity contribution in [2.75, 3.05) is 0 Å². The second-order valence-electron chi connectivity index (χ2n) is 3.53. The van der Waals surface area contributed by atoms with E-state index in [9.17, 15) is 14.6 Å². The molecule has 0 amide bonds. The number of phosphoric ester groups is 1. The van der Waals surface area contributed by atoms with Gasteiger partial charge in [-0.05, 0) is 24.3 Å². The average molecular weight is 282 g/mol. The quantitative estimate of drug-likeness (QED) is 0.498. The number of phenolic OH excluding ortho intramolecular Hbond substituents is 1. The molecule has 0 heterocycles. The molecule has 7 heteroatoms. The van der Waals surface area contributed by atoms with E-state index in [1.54, 1.807) is 18.2 Å². The number of aromatic hydroxyl groups is 1. The van der Waals surface area contributed by atoms with Crippen LogP contribution in [0.2, 0.25) is 0 Å². The highest BCUT2D eigenvalue weighted by Gasteiger charge is 2.25. The summed E-state index contributed by atoms with van der Waals surface area (Å²) in [6.45, 7) is 0. The first kappa shape index (κ1) is 13.4. The third-order valence-corrected chi connectivity index (χ3v) is 2.71. The van der Waals surface area contributed by atoms with Gasteiger partial charge in [0.15, 0.2) is 5.75 Å². The minimum absolute atomic E-state index is 0.0575. The van der Waals surface area contributed by atoms with Crippen molar-refractivity contribution in [2.45, 2.75) is 0 Å². The first-order valence-corrected chi connectivity index (χ1v) is 6.77. The van der Waals surface area contributed by atoms with Gasteiger partial charge in [0.25, 0.3) is 0 Å². The topological polar surface area (TPSA) is 85.2 Å². The predicted molar refractivity (Wildman–Crippen MR) is 66.7 cm³/mol. The molecule has 0 aliphatic heterocycles. The summed E-state index contributed by atoms with van der Waals surface area (Å²) in [4.78, 5) is 14.0. The fraction of sp³-hybridized carbons (Fsp3) is 0. The van der Waals surface area contributed by atoms with Gasteiger partial charge in [0, 0.05) is 6.07 Å². The van der Waals surface area contributed by atoms with Crippen molar-refractivity contribution in [3.05, 3.63) is 54.6 Å². The van der Waals surface area contributed by atoms with E-state index >= 15 is 0 Å². The van der Waals surface area contributed by atoms with Gasteiger partial charge in [-0.3, -0.25) is 4.89 Å². The van der Waals surface area contributed by atoms with Gasteiger partial charge >= 0.3 is 7.82 Å². The summed E-state index contributed by atoms with van der Waals surface area (Å²) in [6.07, 6.45) is 0. The van der Waals surface area contributed by atoms with Crippen LogP contribution < -0.4 is 9.41 Å². The maximum atomic E-state index is 11.6. The van der Waals surface area contributed by atoms with Crippen molar-refractivity contribution in [3.8, 4) is 17.2 Å². The average Bonchev–Trinajstić information content (AvgIpc) is 2.37. The molecule has 0 spiro atoms. The number of hydrogen-bond donors (Lipinski definition) is 2. The van der Waals surface area contributed by atoms with Crippen LogP contribution in [-0.4, -0.2) is 10.00 Å². The molecule has 100 valence electrons. The Morgan fingerprint density at radius 3 is 2.32 bits per heavy atom. The zero-order chi connectivity index (χ0) is 13.7. The van der Waals surface area contributed by atoms with Gasteiger partial charge in [-0.1, -0.05) is 28.9 Å². The van der Waals surface area contributed by atoms with Gasteiger partial charge in [-0.25, -0.2) is 4.57 Å². The molecule has 6 nitrogen and oxygen atoms in total. The van der Waals surface area contributed by atoms with Gasteiger partial charge in [0.2, 0.25) is 0 Å². The summed E-state index contributed by atoms with van der Waals surface area (Å²) >= 11 is 0. The Balaban J connectivity index is 1.96. The number of hydrogen-bond acceptors (Lipinski definition) is 5. The standard InChI is InChI=1S/C12H11O6P/c13-10-5-4-8-12(9-10)16-18-19(14,15)17-11-6-2-1-3-7-11/h1-9,13H,(H,14,15). The lowest BCUT2D eigenvalue weighted by atomic mass is 10.3. The number of rotatable bonds is 5. The van der Waals surface area contributed by atoms with E-state index in [0.29, 0.717) is 0 Å². The van der Waals surface area contributed by atoms with E-state index in [4.69, 9.17) is 4.52 Å². The Bertz CT molecular complexity index is 586. The van der Waals surface area contributed by atoms with E-state index in [1.807, 2.05) is 0 Å². The minimum atomic E-state index is -4.40. The van der Waals surface area contributed by atoms with E-state index in [2.05, 4.69) is 9.56 Å². The summed E-state index contributed by atoms with van der Waals surface area (Å²) in [7, 11) is -4.40. The van der Waals surface area contributed by atoms with Crippen LogP contribution in [0.25, 0.3) is 0 Å². The van der Waals surface area contributed by atoms with Crippen molar-refractivity contribution in [1.82, 2.24) is 0 Å². The lowest BCUT2D eigenvalue weighted by Crippen LogP contribution is -2.00. The van der Waals surface area contributed by atoms with Crippen LogP contribution in [0, 0.1) is 0 Å². The van der Waals surface area contributed by atoms with E-state index < -0.39 is 7.82 Å². The molecular weight excluding hydrogens is 271 g/mol. The lowest BCUT2D eigenvalue weighted by Gasteiger charge is -2.11. The lowest BCUT2D eigenvalue weighted by molar-refractivity contribution is -0.120. The van der Waals surface area contributed by atoms with Gasteiger partial charge in [-0.2, -0.15) is 0 Å². The smallest absolute Gasteiger partial charge is 0.508 e. The van der Waals surface area contributed by atoms with Crippen LogP contribution in [0.4, 0.5) is 0 Å². The normalized spacial score (nSPS) is 13.5. The zero-order valence-corrected chi connectivity index (χ0v) is 10.6. The Morgan fingerprint density at radius 2 is 1.63 bits per heavy atom. The summed E-state index contributed by atoms with van der Waals surface area (Å²) in [5.74, 6) is 0.191. The molecule has 2 aromatic carbocycles. The number of phenols is 1. The van der Waals surface area contributed by atoms with Crippen LogP contribution in [0.15, 0.2) is 54.6 Å². The highest BCUT2D eigenvalue weighted by Crippen LogP contribution is 2.44. The van der Waals surface area contributed by atoms with Crippen LogP contribution >= 0.6 is 7.82 Å². The number of phosphoric acid groups is 1. The molecule has 0 fully saturated rings. The Labute approximate surface area is 109 Å². The first-order chi connectivity index (χ1) is 9.05. The molecule has 0 saturated carbocycles. The van der Waals surface area contributed by atoms with Gasteiger partial charge in [-0.15, -0.1) is 0 Å². The second-order valence-corrected chi connectivity index (χ2v) is 4.80. The molecule has 1 atom stereocenters. The number of para-hydroxylation sites is 1. The second kappa shape index (κ2) is 5.75. The van der Waals surface area contributed by atoms with E-state index in [-0.39, 0.29) is 17.2 Å². The van der Waals surface area contributed by atoms with Crippen molar-refractivity contribution < 1.29 is 28.7 Å². The summed E-state index contributed by atoms with van der Waals surface area (Å²) in [5, 5.41) is 9.18. The summed E-state index contributed by atoms with van der Waals surface area (Å²) < 4.78 is 20.7. The maximum Gasteiger partial charge on any atom is 0.564 e. The molecular formula is C12H11O6P. The van der Waals surface area contributed by atoms with E-state index in [1.165, 1.54) is 36.4 Å². The van der Waals surface area contributed by atoms with E-state index in [0.717, 1.165) is 0 Å². The maximum absolute atomic E-state index is 11.6. The third kappa shape index (κ3) is 4.30. The van der Waals surface area contributed by atoms with Gasteiger partial charge < -0.3 is 14.5 Å². The van der Waals surface area contributed by atoms with Crippen LogP contribution in [0.1, 0.15) is 0 Å². The Hall–Kier alpha value is -2.01. The molecule has 0 aliphatic rings. The highest BCUT2D eigenvalue weighted by atomic mass is 31.2. The summed E-state index contributed by atoms with van der Waals surface area (Å²) in [6, 6.07) is 13.6.